The van der Waals surface area contributed by atoms with E-state index in [0.717, 1.165) is 24.6 Å². The van der Waals surface area contributed by atoms with Crippen molar-refractivity contribution < 1.29 is 14.1 Å². The van der Waals surface area contributed by atoms with Gasteiger partial charge in [0.05, 0.1) is 19.3 Å². The maximum absolute atomic E-state index is 12.4. The number of nitrogens with zero attached hydrogens (tertiary/aromatic N) is 6. The lowest BCUT2D eigenvalue weighted by Gasteiger charge is -2.35. The van der Waals surface area contributed by atoms with E-state index in [1.807, 2.05) is 24.1 Å². The molecule has 0 atom stereocenters. The molecule has 0 unspecified atom stereocenters. The van der Waals surface area contributed by atoms with Gasteiger partial charge in [-0.2, -0.15) is 4.98 Å². The average Bonchev–Trinajstić information content (AvgIpc) is 3.16. The van der Waals surface area contributed by atoms with Crippen molar-refractivity contribution in [3.63, 3.8) is 0 Å². The third-order valence-electron chi connectivity index (χ3n) is 5.53. The van der Waals surface area contributed by atoms with Crippen LogP contribution in [0.5, 0.6) is 0 Å². The molecule has 0 spiro atoms. The number of hydrogen-bond acceptors (Lipinski definition) is 8. The molecule has 0 saturated carbocycles. The fourth-order valence-corrected chi connectivity index (χ4v) is 3.56. The molecule has 2 aliphatic heterocycles. The summed E-state index contributed by atoms with van der Waals surface area (Å²) in [4.78, 5) is 27.6. The van der Waals surface area contributed by atoms with Gasteiger partial charge in [-0.15, -0.1) is 0 Å². The van der Waals surface area contributed by atoms with Crippen molar-refractivity contribution in [3.8, 4) is 11.5 Å². The van der Waals surface area contributed by atoms with Crippen LogP contribution in [0.15, 0.2) is 22.9 Å². The van der Waals surface area contributed by atoms with Gasteiger partial charge in [-0.1, -0.05) is 20.8 Å². The van der Waals surface area contributed by atoms with E-state index in [2.05, 4.69) is 45.7 Å². The van der Waals surface area contributed by atoms with Crippen LogP contribution >= 0.6 is 0 Å². The average molecular weight is 415 g/mol. The first-order valence-corrected chi connectivity index (χ1v) is 10.4. The topological polar surface area (TPSA) is 87.8 Å². The van der Waals surface area contributed by atoms with Crippen LogP contribution in [0.1, 0.15) is 27.2 Å². The zero-order valence-corrected chi connectivity index (χ0v) is 18.2. The summed E-state index contributed by atoms with van der Waals surface area (Å²) in [6.45, 7) is 10.4. The number of hydrogen-bond donors (Lipinski definition) is 0. The Balaban J connectivity index is 1.39. The molecule has 9 heteroatoms. The molecule has 4 rings (SSSR count). The molecule has 0 radical (unpaired) electrons. The van der Waals surface area contributed by atoms with Crippen molar-refractivity contribution in [1.82, 2.24) is 20.0 Å². The Labute approximate surface area is 177 Å². The van der Waals surface area contributed by atoms with E-state index >= 15 is 0 Å². The lowest BCUT2D eigenvalue weighted by Crippen LogP contribution is -2.49. The Morgan fingerprint density at radius 2 is 1.97 bits per heavy atom. The Morgan fingerprint density at radius 3 is 2.60 bits per heavy atom. The normalized spacial score (nSPS) is 17.7. The van der Waals surface area contributed by atoms with E-state index in [-0.39, 0.29) is 11.3 Å². The molecule has 0 aliphatic carbocycles. The standard InChI is InChI=1S/C21H30N6O3/c1-21(2,3)12-18(28)26-7-9-27(10-8-26)20-23-19(30-24-20)15-5-6-22-17(11-15)25(4)16-13-29-14-16/h5-6,11,16H,7-10,12-14H2,1-4H3. The molecule has 9 nitrogen and oxygen atoms in total. The van der Waals surface area contributed by atoms with Crippen LogP contribution in [-0.2, 0) is 9.53 Å². The highest BCUT2D eigenvalue weighted by Gasteiger charge is 2.27. The number of aromatic nitrogens is 3. The van der Waals surface area contributed by atoms with Gasteiger partial charge in [0.15, 0.2) is 0 Å². The van der Waals surface area contributed by atoms with Crippen LogP contribution in [0.4, 0.5) is 11.8 Å². The number of piperazine rings is 1. The number of carbonyl (C=O) groups is 1. The molecule has 30 heavy (non-hydrogen) atoms. The van der Waals surface area contributed by atoms with E-state index in [4.69, 9.17) is 9.26 Å². The molecule has 0 N–H and O–H groups in total. The molecular formula is C21H30N6O3. The van der Waals surface area contributed by atoms with E-state index < -0.39 is 0 Å². The Bertz CT molecular complexity index is 881. The van der Waals surface area contributed by atoms with Gasteiger partial charge in [0.2, 0.25) is 5.91 Å². The largest absolute Gasteiger partial charge is 0.377 e. The highest BCUT2D eigenvalue weighted by Crippen LogP contribution is 2.26. The first kappa shape index (κ1) is 20.6. The minimum atomic E-state index is -0.0000892. The van der Waals surface area contributed by atoms with Gasteiger partial charge in [0.1, 0.15) is 5.82 Å². The van der Waals surface area contributed by atoms with Crippen LogP contribution < -0.4 is 9.80 Å². The quantitative estimate of drug-likeness (QED) is 0.735. The summed E-state index contributed by atoms with van der Waals surface area (Å²) in [5, 5.41) is 4.16. The van der Waals surface area contributed by atoms with Crippen molar-refractivity contribution in [3.05, 3.63) is 18.3 Å². The summed E-state index contributed by atoms with van der Waals surface area (Å²) in [6.07, 6.45) is 2.31. The summed E-state index contributed by atoms with van der Waals surface area (Å²) in [5.74, 6) is 2.10. The zero-order valence-electron chi connectivity index (χ0n) is 18.2. The molecule has 2 aliphatic rings. The van der Waals surface area contributed by atoms with Gasteiger partial charge < -0.3 is 24.0 Å². The molecule has 2 aromatic heterocycles. The number of likely N-dealkylation sites (N-methyl/N-ethyl adjacent to an activating group) is 1. The van der Waals surface area contributed by atoms with Crippen molar-refractivity contribution in [1.29, 1.82) is 0 Å². The van der Waals surface area contributed by atoms with Crippen LogP contribution in [0.2, 0.25) is 0 Å². The second kappa shape index (κ2) is 8.22. The molecule has 2 fully saturated rings. The Morgan fingerprint density at radius 1 is 1.23 bits per heavy atom. The molecule has 1 amide bonds. The van der Waals surface area contributed by atoms with Gasteiger partial charge in [-0.25, -0.2) is 4.98 Å². The summed E-state index contributed by atoms with van der Waals surface area (Å²) >= 11 is 0. The summed E-state index contributed by atoms with van der Waals surface area (Å²) in [6, 6.07) is 4.18. The summed E-state index contributed by atoms with van der Waals surface area (Å²) < 4.78 is 10.8. The molecule has 0 bridgehead atoms. The second-order valence-electron chi connectivity index (χ2n) is 9.21. The van der Waals surface area contributed by atoms with Crippen LogP contribution in [0.25, 0.3) is 11.5 Å². The van der Waals surface area contributed by atoms with E-state index in [1.54, 1.807) is 6.20 Å². The number of ether oxygens (including phenoxy) is 1. The number of carbonyl (C=O) groups excluding carboxylic acids is 1. The Kier molecular flexibility index (Phi) is 5.64. The van der Waals surface area contributed by atoms with Gasteiger partial charge in [-0.05, 0) is 22.7 Å². The number of pyridine rings is 1. The Hall–Kier alpha value is -2.68. The highest BCUT2D eigenvalue weighted by molar-refractivity contribution is 5.77. The van der Waals surface area contributed by atoms with Crippen LogP contribution in [0, 0.1) is 5.41 Å². The first-order valence-electron chi connectivity index (χ1n) is 10.4. The fourth-order valence-electron chi connectivity index (χ4n) is 3.56. The molecule has 162 valence electrons. The molecular weight excluding hydrogens is 384 g/mol. The number of anilines is 2. The van der Waals surface area contributed by atoms with Crippen molar-refractivity contribution in [2.24, 2.45) is 5.41 Å². The van der Waals surface area contributed by atoms with Gasteiger partial charge in [0.25, 0.3) is 11.8 Å². The predicted octanol–water partition coefficient (Wildman–Crippen LogP) is 2.05. The van der Waals surface area contributed by atoms with Crippen molar-refractivity contribution in [2.75, 3.05) is 56.2 Å². The smallest absolute Gasteiger partial charge is 0.266 e. The number of rotatable bonds is 5. The minimum Gasteiger partial charge on any atom is -0.377 e. The third-order valence-corrected chi connectivity index (χ3v) is 5.53. The van der Waals surface area contributed by atoms with E-state index in [1.165, 1.54) is 0 Å². The molecule has 4 heterocycles. The molecule has 2 aromatic rings. The van der Waals surface area contributed by atoms with E-state index in [0.29, 0.717) is 50.5 Å². The van der Waals surface area contributed by atoms with Crippen LogP contribution in [0.3, 0.4) is 0 Å². The first-order chi connectivity index (χ1) is 14.3. The maximum Gasteiger partial charge on any atom is 0.266 e. The maximum atomic E-state index is 12.4. The van der Waals surface area contributed by atoms with Crippen molar-refractivity contribution in [2.45, 2.75) is 33.2 Å². The SMILES string of the molecule is CN(c1cc(-c2nc(N3CCN(C(=O)CC(C)(C)C)CC3)no2)ccn1)C1COC1. The minimum absolute atomic E-state index is 0.0000892. The monoisotopic (exact) mass is 414 g/mol. The molecule has 0 aromatic carbocycles. The fraction of sp³-hybridized carbons (Fsp3) is 0.619. The third kappa shape index (κ3) is 4.56. The molecule has 2 saturated heterocycles. The lowest BCUT2D eigenvalue weighted by atomic mass is 9.91. The van der Waals surface area contributed by atoms with Gasteiger partial charge in [0, 0.05) is 51.4 Å². The lowest BCUT2D eigenvalue weighted by molar-refractivity contribution is -0.133. The number of amides is 1. The summed E-state index contributed by atoms with van der Waals surface area (Å²) in [5.41, 5.74) is 0.838. The van der Waals surface area contributed by atoms with Gasteiger partial charge >= 0.3 is 0 Å². The van der Waals surface area contributed by atoms with Crippen molar-refractivity contribution >= 4 is 17.7 Å². The second-order valence-corrected chi connectivity index (χ2v) is 9.21. The van der Waals surface area contributed by atoms with Crippen LogP contribution in [-0.4, -0.2) is 78.4 Å². The predicted molar refractivity (Wildman–Crippen MR) is 113 cm³/mol. The van der Waals surface area contributed by atoms with Gasteiger partial charge in [-0.3, -0.25) is 4.79 Å². The van der Waals surface area contributed by atoms with E-state index in [9.17, 15) is 4.79 Å². The summed E-state index contributed by atoms with van der Waals surface area (Å²) in [7, 11) is 2.01. The zero-order chi connectivity index (χ0) is 21.3. The highest BCUT2D eigenvalue weighted by atomic mass is 16.5.